The monoisotopic (exact) mass is 393 g/mol. The maximum Gasteiger partial charge on any atom is 0.128 e. The third-order valence-corrected chi connectivity index (χ3v) is 4.73. The van der Waals surface area contributed by atoms with Gasteiger partial charge in [0.2, 0.25) is 0 Å². The Morgan fingerprint density at radius 2 is 2.00 bits per heavy atom. The zero-order valence-electron chi connectivity index (χ0n) is 10.6. The fourth-order valence-corrected chi connectivity index (χ4v) is 3.37. The maximum absolute atomic E-state index is 14.1. The van der Waals surface area contributed by atoms with Crippen LogP contribution >= 0.6 is 33.9 Å². The van der Waals surface area contributed by atoms with Gasteiger partial charge in [-0.1, -0.05) is 6.92 Å². The first kappa shape index (κ1) is 14.9. The Morgan fingerprint density at radius 1 is 1.26 bits per heavy atom. The van der Waals surface area contributed by atoms with Crippen molar-refractivity contribution in [3.63, 3.8) is 0 Å². The first-order valence-corrected chi connectivity index (χ1v) is 7.91. The Labute approximate surface area is 129 Å². The minimum Gasteiger partial charge on any atom is -0.306 e. The topological polar surface area (TPSA) is 12.0 Å². The predicted octanol–water partition coefficient (Wildman–Crippen LogP) is 4.64. The summed E-state index contributed by atoms with van der Waals surface area (Å²) in [6.07, 6.45) is 0. The van der Waals surface area contributed by atoms with E-state index in [4.69, 9.17) is 0 Å². The molecule has 0 radical (unpaired) electrons. The van der Waals surface area contributed by atoms with E-state index in [1.165, 1.54) is 12.1 Å². The predicted molar refractivity (Wildman–Crippen MR) is 83.7 cm³/mol. The summed E-state index contributed by atoms with van der Waals surface area (Å²) < 4.78 is 28.9. The standard InChI is InChI=1S/C14H14F2INS/c1-3-18-14(9-5-13(17)19-7-9)10-6-11(15)8(2)4-12(10)16/h4-7,14,18H,3H2,1-2H3. The number of benzene rings is 1. The van der Waals surface area contributed by atoms with Crippen molar-refractivity contribution in [3.05, 3.63) is 54.8 Å². The molecular formula is C14H14F2INS. The Kier molecular flexibility index (Phi) is 4.92. The molecule has 0 spiro atoms. The third kappa shape index (κ3) is 3.32. The summed E-state index contributed by atoms with van der Waals surface area (Å²) in [6, 6.07) is 4.24. The van der Waals surface area contributed by atoms with Gasteiger partial charge in [0.15, 0.2) is 0 Å². The lowest BCUT2D eigenvalue weighted by molar-refractivity contribution is 0.542. The molecule has 1 atom stereocenters. The summed E-state index contributed by atoms with van der Waals surface area (Å²) in [6.45, 7) is 4.21. The zero-order chi connectivity index (χ0) is 14.0. The van der Waals surface area contributed by atoms with Crippen molar-refractivity contribution in [2.45, 2.75) is 19.9 Å². The highest BCUT2D eigenvalue weighted by molar-refractivity contribution is 14.1. The molecule has 102 valence electrons. The van der Waals surface area contributed by atoms with E-state index < -0.39 is 0 Å². The van der Waals surface area contributed by atoms with Gasteiger partial charge in [0.05, 0.1) is 8.93 Å². The van der Waals surface area contributed by atoms with E-state index in [9.17, 15) is 8.78 Å². The van der Waals surface area contributed by atoms with Gasteiger partial charge in [0, 0.05) is 5.56 Å². The second kappa shape index (κ2) is 6.28. The number of nitrogens with one attached hydrogen (secondary N) is 1. The Morgan fingerprint density at radius 3 is 2.58 bits per heavy atom. The molecule has 0 aliphatic rings. The summed E-state index contributed by atoms with van der Waals surface area (Å²) in [5.74, 6) is -0.740. The second-order valence-electron chi connectivity index (χ2n) is 4.30. The summed E-state index contributed by atoms with van der Waals surface area (Å²) in [4.78, 5) is 0. The zero-order valence-corrected chi connectivity index (χ0v) is 13.6. The summed E-state index contributed by atoms with van der Waals surface area (Å²) >= 11 is 3.82. The number of hydrogen-bond acceptors (Lipinski definition) is 2. The number of rotatable bonds is 4. The van der Waals surface area contributed by atoms with Crippen LogP contribution in [-0.4, -0.2) is 6.54 Å². The third-order valence-electron chi connectivity index (χ3n) is 2.92. The fraction of sp³-hybridized carbons (Fsp3) is 0.286. The van der Waals surface area contributed by atoms with Crippen LogP contribution in [0.3, 0.4) is 0 Å². The molecule has 0 saturated carbocycles. The van der Waals surface area contributed by atoms with Gasteiger partial charge in [-0.15, -0.1) is 11.3 Å². The van der Waals surface area contributed by atoms with E-state index in [0.717, 1.165) is 8.45 Å². The van der Waals surface area contributed by atoms with Crippen LogP contribution in [0.15, 0.2) is 23.6 Å². The quantitative estimate of drug-likeness (QED) is 0.747. The molecule has 1 aromatic carbocycles. The van der Waals surface area contributed by atoms with Gasteiger partial charge in [-0.3, -0.25) is 0 Å². The minimum absolute atomic E-state index is 0.306. The largest absolute Gasteiger partial charge is 0.306 e. The molecule has 0 aliphatic heterocycles. The molecule has 0 aliphatic carbocycles. The molecule has 2 aromatic rings. The van der Waals surface area contributed by atoms with Gasteiger partial charge >= 0.3 is 0 Å². The fourth-order valence-electron chi connectivity index (χ4n) is 1.97. The van der Waals surface area contributed by atoms with Crippen LogP contribution in [-0.2, 0) is 0 Å². The average molecular weight is 393 g/mol. The molecule has 0 amide bonds. The van der Waals surface area contributed by atoms with E-state index in [0.29, 0.717) is 17.7 Å². The highest BCUT2D eigenvalue weighted by atomic mass is 127. The van der Waals surface area contributed by atoms with Crippen molar-refractivity contribution < 1.29 is 8.78 Å². The SMILES string of the molecule is CCNC(c1csc(I)c1)c1cc(F)c(C)cc1F. The summed E-state index contributed by atoms with van der Waals surface area (Å²) in [5, 5.41) is 5.19. The lowest BCUT2D eigenvalue weighted by atomic mass is 9.99. The van der Waals surface area contributed by atoms with Crippen molar-refractivity contribution >= 4 is 33.9 Å². The first-order chi connectivity index (χ1) is 9.02. The smallest absolute Gasteiger partial charge is 0.128 e. The van der Waals surface area contributed by atoms with Crippen LogP contribution in [0.1, 0.15) is 29.7 Å². The van der Waals surface area contributed by atoms with Gasteiger partial charge in [0.1, 0.15) is 11.6 Å². The van der Waals surface area contributed by atoms with E-state index in [1.807, 2.05) is 18.4 Å². The van der Waals surface area contributed by atoms with Gasteiger partial charge in [-0.25, -0.2) is 8.78 Å². The molecule has 1 N–H and O–H groups in total. The molecule has 2 rings (SSSR count). The van der Waals surface area contributed by atoms with Gasteiger partial charge < -0.3 is 5.32 Å². The lowest BCUT2D eigenvalue weighted by Gasteiger charge is -2.18. The van der Waals surface area contributed by atoms with Crippen molar-refractivity contribution in [1.29, 1.82) is 0 Å². The normalized spacial score (nSPS) is 12.7. The van der Waals surface area contributed by atoms with E-state index in [-0.39, 0.29) is 17.7 Å². The van der Waals surface area contributed by atoms with Crippen molar-refractivity contribution in [3.8, 4) is 0 Å². The van der Waals surface area contributed by atoms with Crippen LogP contribution in [0.2, 0.25) is 0 Å². The number of aryl methyl sites for hydroxylation is 1. The Bertz CT molecular complexity index is 583. The lowest BCUT2D eigenvalue weighted by Crippen LogP contribution is -2.22. The molecule has 19 heavy (non-hydrogen) atoms. The molecule has 1 heterocycles. The second-order valence-corrected chi connectivity index (χ2v) is 7.10. The van der Waals surface area contributed by atoms with Gasteiger partial charge in [0.25, 0.3) is 0 Å². The molecule has 1 unspecified atom stereocenters. The van der Waals surface area contributed by atoms with Crippen molar-refractivity contribution in [1.82, 2.24) is 5.32 Å². The van der Waals surface area contributed by atoms with Crippen LogP contribution in [0, 0.1) is 21.4 Å². The van der Waals surface area contributed by atoms with Crippen LogP contribution in [0.4, 0.5) is 8.78 Å². The molecule has 1 aromatic heterocycles. The number of thiophene rings is 1. The molecular weight excluding hydrogens is 379 g/mol. The minimum atomic E-state index is -0.371. The van der Waals surface area contributed by atoms with E-state index >= 15 is 0 Å². The Hall–Kier alpha value is -0.530. The molecule has 0 bridgehead atoms. The highest BCUT2D eigenvalue weighted by Crippen LogP contribution is 2.30. The highest BCUT2D eigenvalue weighted by Gasteiger charge is 2.20. The van der Waals surface area contributed by atoms with Gasteiger partial charge in [-0.05, 0) is 70.8 Å². The number of hydrogen-bond donors (Lipinski definition) is 1. The van der Waals surface area contributed by atoms with Crippen LogP contribution < -0.4 is 5.32 Å². The summed E-state index contributed by atoms with van der Waals surface area (Å²) in [7, 11) is 0. The van der Waals surface area contributed by atoms with E-state index in [1.54, 1.807) is 18.3 Å². The van der Waals surface area contributed by atoms with Crippen LogP contribution in [0.25, 0.3) is 0 Å². The molecule has 1 nitrogen and oxygen atoms in total. The molecule has 0 saturated heterocycles. The summed E-state index contributed by atoms with van der Waals surface area (Å²) in [5.41, 5.74) is 1.66. The van der Waals surface area contributed by atoms with Crippen LogP contribution in [0.5, 0.6) is 0 Å². The van der Waals surface area contributed by atoms with Gasteiger partial charge in [-0.2, -0.15) is 0 Å². The van der Waals surface area contributed by atoms with Crippen molar-refractivity contribution in [2.75, 3.05) is 6.54 Å². The average Bonchev–Trinajstić information content (AvgIpc) is 2.78. The number of halogens is 3. The first-order valence-electron chi connectivity index (χ1n) is 5.95. The maximum atomic E-state index is 14.1. The molecule has 5 heteroatoms. The van der Waals surface area contributed by atoms with Crippen molar-refractivity contribution in [2.24, 2.45) is 0 Å². The molecule has 0 fully saturated rings. The van der Waals surface area contributed by atoms with E-state index in [2.05, 4.69) is 27.9 Å². The Balaban J connectivity index is 2.47.